The van der Waals surface area contributed by atoms with Crippen molar-refractivity contribution in [2.45, 2.75) is 63.9 Å². The molecule has 0 saturated heterocycles. The van der Waals surface area contributed by atoms with Gasteiger partial charge >= 0.3 is 6.03 Å². The number of aliphatic hydroxyl groups is 1. The predicted octanol–water partition coefficient (Wildman–Crippen LogP) is 5.56. The number of benzene rings is 2. The Labute approximate surface area is 185 Å². The zero-order chi connectivity index (χ0) is 23.4. The summed E-state index contributed by atoms with van der Waals surface area (Å²) in [6.45, 7) is 18.4. The molecule has 0 saturated carbocycles. The van der Waals surface area contributed by atoms with Crippen molar-refractivity contribution < 1.29 is 14.1 Å². The molecule has 0 aliphatic heterocycles. The number of amides is 2. The van der Waals surface area contributed by atoms with Gasteiger partial charge in [-0.15, -0.1) is 4.95 Å². The normalized spacial score (nSPS) is 13.4. The van der Waals surface area contributed by atoms with Crippen molar-refractivity contribution in [3.05, 3.63) is 70.7 Å². The van der Waals surface area contributed by atoms with Crippen LogP contribution in [0.3, 0.4) is 0 Å². The maximum atomic E-state index is 13.5. The number of hydrogen-bond acceptors (Lipinski definition) is 4. The molecule has 2 aromatic carbocycles. The molecular weight excluding hydrogens is 412 g/mol. The van der Waals surface area contributed by atoms with Crippen LogP contribution in [-0.4, -0.2) is 15.3 Å². The summed E-state index contributed by atoms with van der Waals surface area (Å²) < 4.78 is 19.4. The predicted molar refractivity (Wildman–Crippen MR) is 124 cm³/mol. The first-order chi connectivity index (χ1) is 14.4. The van der Waals surface area contributed by atoms with E-state index in [0.29, 0.717) is 11.3 Å². The average Bonchev–Trinajstić information content (AvgIpc) is 2.67. The molecule has 2 rings (SSSR count). The summed E-state index contributed by atoms with van der Waals surface area (Å²) in [5.41, 5.74) is 1.89. The van der Waals surface area contributed by atoms with Crippen molar-refractivity contribution in [1.29, 1.82) is 0 Å². The monoisotopic (exact) mass is 442 g/mol. The minimum atomic E-state index is -3.59. The molecular formula is C23H30N4O3S. The maximum absolute atomic E-state index is 13.5. The van der Waals surface area contributed by atoms with Gasteiger partial charge in [0.25, 0.3) is 0 Å². The second-order valence-corrected chi connectivity index (χ2v) is 10.4. The highest BCUT2D eigenvalue weighted by Crippen LogP contribution is 2.32. The Balaban J connectivity index is 2.46. The van der Waals surface area contributed by atoms with E-state index in [2.05, 4.69) is 19.5 Å². The van der Waals surface area contributed by atoms with Crippen LogP contribution in [0.2, 0.25) is 0 Å². The second-order valence-electron chi connectivity index (χ2n) is 8.47. The Kier molecular flexibility index (Phi) is 7.47. The third kappa shape index (κ3) is 5.84. The van der Waals surface area contributed by atoms with Gasteiger partial charge in [0.1, 0.15) is 0 Å². The van der Waals surface area contributed by atoms with Crippen LogP contribution in [0.15, 0.2) is 51.8 Å². The van der Waals surface area contributed by atoms with E-state index >= 15 is 0 Å². The fourth-order valence-corrected chi connectivity index (χ4v) is 4.41. The molecule has 2 aromatic rings. The SMILES string of the molecule is [C-]#[N+]N=S(=O)(NC(=O)Nc1c(C(C)C)cccc1C(C)C)c1cccc(C(C)(C)O)c1. The van der Waals surface area contributed by atoms with Crippen LogP contribution in [0.4, 0.5) is 10.5 Å². The van der Waals surface area contributed by atoms with E-state index in [9.17, 15) is 14.1 Å². The second kappa shape index (κ2) is 9.50. The number of para-hydroxylation sites is 1. The number of urea groups is 1. The number of nitrogens with zero attached hydrogens (tertiary/aromatic N) is 2. The van der Waals surface area contributed by atoms with Gasteiger partial charge in [-0.25, -0.2) is 13.7 Å². The number of anilines is 1. The summed E-state index contributed by atoms with van der Waals surface area (Å²) in [4.78, 5) is 16.0. The number of carbonyl (C=O) groups excluding carboxylic acids is 1. The van der Waals surface area contributed by atoms with Crippen LogP contribution in [0.5, 0.6) is 0 Å². The van der Waals surface area contributed by atoms with Crippen molar-refractivity contribution >= 4 is 21.6 Å². The molecule has 7 nitrogen and oxygen atoms in total. The first-order valence-corrected chi connectivity index (χ1v) is 11.6. The molecule has 3 N–H and O–H groups in total. The summed E-state index contributed by atoms with van der Waals surface area (Å²) in [6, 6.07) is 11.4. The molecule has 1 atom stereocenters. The van der Waals surface area contributed by atoms with E-state index in [4.69, 9.17) is 6.57 Å². The summed E-state index contributed by atoms with van der Waals surface area (Å²) >= 11 is 0. The van der Waals surface area contributed by atoms with Gasteiger partial charge in [0.15, 0.2) is 4.47 Å². The highest BCUT2D eigenvalue weighted by Gasteiger charge is 2.24. The number of nitrogens with one attached hydrogen (secondary N) is 2. The van der Waals surface area contributed by atoms with Gasteiger partial charge in [-0.3, -0.25) is 0 Å². The molecule has 1 unspecified atom stereocenters. The van der Waals surface area contributed by atoms with Crippen molar-refractivity contribution in [1.82, 2.24) is 4.72 Å². The first-order valence-electron chi connectivity index (χ1n) is 10.1. The van der Waals surface area contributed by atoms with Gasteiger partial charge < -0.3 is 10.4 Å². The van der Waals surface area contributed by atoms with Crippen LogP contribution in [0, 0.1) is 6.57 Å². The molecule has 0 fully saturated rings. The Morgan fingerprint density at radius 2 is 1.65 bits per heavy atom. The van der Waals surface area contributed by atoms with E-state index < -0.39 is 21.5 Å². The molecule has 0 radical (unpaired) electrons. The number of rotatable bonds is 6. The van der Waals surface area contributed by atoms with Crippen LogP contribution in [-0.2, 0) is 15.5 Å². The first kappa shape index (κ1) is 24.4. The number of hydrogen-bond donors (Lipinski definition) is 3. The van der Waals surface area contributed by atoms with Gasteiger partial charge in [-0.05, 0) is 54.5 Å². The lowest BCUT2D eigenvalue weighted by Gasteiger charge is -2.21. The quantitative estimate of drug-likeness (QED) is 0.404. The molecule has 0 aromatic heterocycles. The van der Waals surface area contributed by atoms with E-state index in [1.165, 1.54) is 12.1 Å². The fraction of sp³-hybridized carbons (Fsp3) is 0.391. The lowest BCUT2D eigenvalue weighted by atomic mass is 9.93. The fourth-order valence-electron chi connectivity index (χ4n) is 3.19. The summed E-state index contributed by atoms with van der Waals surface area (Å²) in [5.74, 6) is 0.324. The molecule has 166 valence electrons. The van der Waals surface area contributed by atoms with Gasteiger partial charge in [-0.1, -0.05) is 58.0 Å². The Morgan fingerprint density at radius 1 is 1.10 bits per heavy atom. The van der Waals surface area contributed by atoms with Gasteiger partial charge in [-0.2, -0.15) is 6.57 Å². The Morgan fingerprint density at radius 3 is 2.13 bits per heavy atom. The van der Waals surface area contributed by atoms with Crippen molar-refractivity contribution in [2.24, 2.45) is 4.47 Å². The van der Waals surface area contributed by atoms with Crippen molar-refractivity contribution in [3.63, 3.8) is 0 Å². The van der Waals surface area contributed by atoms with Crippen LogP contribution in [0.1, 0.15) is 70.1 Å². The molecule has 0 spiro atoms. The lowest BCUT2D eigenvalue weighted by Crippen LogP contribution is -2.35. The largest absolute Gasteiger partial charge is 0.386 e. The minimum absolute atomic E-state index is 0.138. The standard InChI is InChI=1S/C23H30N4O3S/c1-15(2)19-12-9-13-20(16(3)4)21(19)25-22(28)26-31(30,27-24-7)18-11-8-10-17(14-18)23(5,6)29/h8-16,29H,1-6H3,(H2,25,26,27,28,30). The lowest BCUT2D eigenvalue weighted by molar-refractivity contribution is 0.0784. The third-order valence-corrected chi connectivity index (χ3v) is 6.52. The van der Waals surface area contributed by atoms with Gasteiger partial charge in [0, 0.05) is 5.69 Å². The Hall–Kier alpha value is -2.89. The molecule has 0 aliphatic rings. The van der Waals surface area contributed by atoms with Crippen molar-refractivity contribution in [3.8, 4) is 0 Å². The smallest absolute Gasteiger partial charge is 0.332 e. The third-order valence-electron chi connectivity index (χ3n) is 4.86. The van der Waals surface area contributed by atoms with E-state index in [-0.39, 0.29) is 16.7 Å². The van der Waals surface area contributed by atoms with E-state index in [0.717, 1.165) is 11.1 Å². The van der Waals surface area contributed by atoms with Crippen LogP contribution in [0.25, 0.3) is 4.95 Å². The summed E-state index contributed by atoms with van der Waals surface area (Å²) in [7, 11) is -3.59. The average molecular weight is 443 g/mol. The molecule has 31 heavy (non-hydrogen) atoms. The molecule has 0 aliphatic carbocycles. The van der Waals surface area contributed by atoms with Crippen LogP contribution >= 0.6 is 0 Å². The summed E-state index contributed by atoms with van der Waals surface area (Å²) in [6.07, 6.45) is 0. The minimum Gasteiger partial charge on any atom is -0.386 e. The highest BCUT2D eigenvalue weighted by atomic mass is 32.2. The van der Waals surface area contributed by atoms with E-state index in [1.807, 2.05) is 45.9 Å². The van der Waals surface area contributed by atoms with Gasteiger partial charge in [0.2, 0.25) is 9.92 Å². The highest BCUT2D eigenvalue weighted by molar-refractivity contribution is 7.92. The zero-order valence-electron chi connectivity index (χ0n) is 18.8. The maximum Gasteiger partial charge on any atom is 0.332 e. The Bertz CT molecular complexity index is 1090. The number of carbonyl (C=O) groups is 1. The van der Waals surface area contributed by atoms with Crippen LogP contribution < -0.4 is 10.0 Å². The molecule has 0 heterocycles. The molecule has 0 bridgehead atoms. The zero-order valence-corrected chi connectivity index (χ0v) is 19.6. The molecule has 2 amide bonds. The van der Waals surface area contributed by atoms with Crippen molar-refractivity contribution in [2.75, 3.05) is 5.32 Å². The topological polar surface area (TPSA) is 95.2 Å². The molecule has 8 heteroatoms. The van der Waals surface area contributed by atoms with E-state index in [1.54, 1.807) is 26.0 Å². The summed E-state index contributed by atoms with van der Waals surface area (Å²) in [5, 5.41) is 13.1. The van der Waals surface area contributed by atoms with Gasteiger partial charge in [0.05, 0.1) is 10.5 Å².